The number of hydrogen-bond acceptors (Lipinski definition) is 4. The molecule has 70 valence electrons. The molecule has 0 aliphatic heterocycles. The van der Waals surface area contributed by atoms with Crippen molar-refractivity contribution in [2.75, 3.05) is 13.2 Å². The van der Waals surface area contributed by atoms with E-state index in [9.17, 15) is 8.92 Å². The van der Waals surface area contributed by atoms with Crippen LogP contribution in [0.1, 0.15) is 12.8 Å². The Morgan fingerprint density at radius 2 is 1.25 bits per heavy atom. The molecule has 0 aliphatic rings. The molecule has 0 aromatic rings. The summed E-state index contributed by atoms with van der Waals surface area (Å²) in [5.41, 5.74) is 0. The van der Waals surface area contributed by atoms with Gasteiger partial charge < -0.3 is 18.4 Å². The fraction of sp³-hybridized carbons (Fsp3) is 1.00. The molecule has 0 fully saturated rings. The van der Waals surface area contributed by atoms with Crippen molar-refractivity contribution in [2.45, 2.75) is 12.8 Å². The lowest BCUT2D eigenvalue weighted by molar-refractivity contribution is 0.192. The lowest BCUT2D eigenvalue weighted by Crippen LogP contribution is -2.09. The smallest absolute Gasteiger partial charge is 0.511 e. The minimum atomic E-state index is -2.83. The fourth-order valence-corrected chi connectivity index (χ4v) is 1.16. The minimum absolute atomic E-state index is 0.171. The summed E-state index contributed by atoms with van der Waals surface area (Å²) in [6, 6.07) is 0. The molecule has 0 bridgehead atoms. The highest BCUT2D eigenvalue weighted by atomic mass is 28.3. The second-order valence-electron chi connectivity index (χ2n) is 1.94. The van der Waals surface area contributed by atoms with Crippen LogP contribution in [0.15, 0.2) is 0 Å². The summed E-state index contributed by atoms with van der Waals surface area (Å²) in [5, 5.41) is 0. The van der Waals surface area contributed by atoms with Crippen molar-refractivity contribution >= 4 is 18.3 Å². The van der Waals surface area contributed by atoms with Gasteiger partial charge in [0, 0.05) is 0 Å². The van der Waals surface area contributed by atoms with Crippen LogP contribution in [0.2, 0.25) is 0 Å². The molecule has 0 unspecified atom stereocenters. The van der Waals surface area contributed by atoms with E-state index in [1.54, 1.807) is 0 Å². The molecule has 12 heavy (non-hydrogen) atoms. The molecule has 0 saturated carbocycles. The Labute approximate surface area is 72.6 Å². The standard InChI is InChI=1S/C4H10O6Si2/c5-11(6)9-3-1-2-4-10-12(7)8/h5,7H,1-4H2. The van der Waals surface area contributed by atoms with Gasteiger partial charge in [-0.3, -0.25) is 8.92 Å². The first-order valence-electron chi connectivity index (χ1n) is 3.34. The summed E-state index contributed by atoms with van der Waals surface area (Å²) in [7, 11) is -5.67. The summed E-state index contributed by atoms with van der Waals surface area (Å²) in [6.45, 7) is 0.341. The number of rotatable bonds is 7. The summed E-state index contributed by atoms with van der Waals surface area (Å²) in [6.07, 6.45) is 1.07. The molecule has 0 rings (SSSR count). The highest BCUT2D eigenvalue weighted by molar-refractivity contribution is 6.24. The molecule has 0 aliphatic carbocycles. The number of unbranched alkanes of at least 4 members (excludes halogenated alkanes) is 1. The second kappa shape index (κ2) is 6.91. The molecule has 8 heteroatoms. The van der Waals surface area contributed by atoms with Crippen LogP contribution in [-0.4, -0.2) is 41.1 Å². The minimum Gasteiger partial charge on any atom is -0.511 e. The quantitative estimate of drug-likeness (QED) is 0.397. The predicted molar refractivity (Wildman–Crippen MR) is 38.5 cm³/mol. The van der Waals surface area contributed by atoms with Crippen LogP contribution in [0.5, 0.6) is 0 Å². The highest BCUT2D eigenvalue weighted by Gasteiger charge is 2.04. The van der Waals surface area contributed by atoms with Crippen molar-refractivity contribution in [1.29, 1.82) is 0 Å². The van der Waals surface area contributed by atoms with Crippen LogP contribution in [-0.2, 0) is 17.8 Å². The van der Waals surface area contributed by atoms with Gasteiger partial charge in [0.05, 0.1) is 13.2 Å². The molecule has 0 spiro atoms. The first-order valence-corrected chi connectivity index (χ1v) is 5.87. The molecule has 0 atom stereocenters. The Hall–Kier alpha value is -0.766. The Morgan fingerprint density at radius 3 is 1.50 bits per heavy atom. The van der Waals surface area contributed by atoms with Gasteiger partial charge in [-0.2, -0.15) is 0 Å². The van der Waals surface area contributed by atoms with Crippen molar-refractivity contribution in [1.82, 2.24) is 0 Å². The maximum absolute atomic E-state index is 9.99. The van der Waals surface area contributed by atoms with Crippen molar-refractivity contribution in [3.8, 4) is 0 Å². The zero-order chi connectivity index (χ0) is 9.40. The van der Waals surface area contributed by atoms with Crippen LogP contribution in [0.4, 0.5) is 0 Å². The zero-order valence-electron chi connectivity index (χ0n) is 6.36. The van der Waals surface area contributed by atoms with Crippen molar-refractivity contribution < 1.29 is 27.4 Å². The maximum Gasteiger partial charge on any atom is 0.764 e. The summed E-state index contributed by atoms with van der Waals surface area (Å²) < 4.78 is 28.7. The Balaban J connectivity index is 3.01. The average Bonchev–Trinajstić information content (AvgIpc) is 1.95. The normalized spacial score (nSPS) is 9.00. The average molecular weight is 210 g/mol. The highest BCUT2D eigenvalue weighted by Crippen LogP contribution is 1.90. The van der Waals surface area contributed by atoms with Crippen LogP contribution in [0, 0.1) is 0 Å². The predicted octanol–water partition coefficient (Wildman–Crippen LogP) is -1.38. The van der Waals surface area contributed by atoms with Crippen molar-refractivity contribution in [3.05, 3.63) is 0 Å². The third-order valence-corrected chi connectivity index (χ3v) is 1.89. The third-order valence-electron chi connectivity index (χ3n) is 0.990. The summed E-state index contributed by atoms with van der Waals surface area (Å²) in [5.74, 6) is 0. The molecule has 0 heterocycles. The van der Waals surface area contributed by atoms with Gasteiger partial charge in [-0.1, -0.05) is 0 Å². The van der Waals surface area contributed by atoms with Crippen molar-refractivity contribution in [2.24, 2.45) is 0 Å². The van der Waals surface area contributed by atoms with Gasteiger partial charge in [-0.25, -0.2) is 0 Å². The molecule has 0 amide bonds. The van der Waals surface area contributed by atoms with E-state index >= 15 is 0 Å². The Morgan fingerprint density at radius 1 is 0.917 bits per heavy atom. The molecular formula is C4H10O6Si2. The molecule has 6 nitrogen and oxygen atoms in total. The lowest BCUT2D eigenvalue weighted by atomic mass is 10.3. The van der Waals surface area contributed by atoms with E-state index in [4.69, 9.17) is 9.59 Å². The van der Waals surface area contributed by atoms with Crippen LogP contribution >= 0.6 is 0 Å². The molecule has 2 N–H and O–H groups in total. The van der Waals surface area contributed by atoms with E-state index in [0.717, 1.165) is 0 Å². The SMILES string of the molecule is O=[Si](O)OCCCCO[Si](=O)O. The zero-order valence-corrected chi connectivity index (χ0v) is 8.36. The van der Waals surface area contributed by atoms with Gasteiger partial charge >= 0.3 is 18.3 Å². The van der Waals surface area contributed by atoms with E-state index in [1.807, 2.05) is 0 Å². The maximum atomic E-state index is 9.99. The lowest BCUT2D eigenvalue weighted by Gasteiger charge is -2.00. The fourth-order valence-electron chi connectivity index (χ4n) is 0.523. The van der Waals surface area contributed by atoms with Gasteiger partial charge in [0.25, 0.3) is 0 Å². The third kappa shape index (κ3) is 9.23. The van der Waals surface area contributed by atoms with Gasteiger partial charge in [-0.15, -0.1) is 0 Å². The topological polar surface area (TPSA) is 93.1 Å². The van der Waals surface area contributed by atoms with E-state index < -0.39 is 18.3 Å². The van der Waals surface area contributed by atoms with E-state index in [1.165, 1.54) is 0 Å². The summed E-state index contributed by atoms with van der Waals surface area (Å²) >= 11 is 0. The Bertz CT molecular complexity index is 142. The molecular weight excluding hydrogens is 200 g/mol. The monoisotopic (exact) mass is 210 g/mol. The number of hydrogen-bond donors (Lipinski definition) is 2. The van der Waals surface area contributed by atoms with Crippen LogP contribution in [0.25, 0.3) is 0 Å². The van der Waals surface area contributed by atoms with E-state index in [-0.39, 0.29) is 13.2 Å². The van der Waals surface area contributed by atoms with E-state index in [2.05, 4.69) is 8.85 Å². The summed E-state index contributed by atoms with van der Waals surface area (Å²) in [4.78, 5) is 16.4. The first-order chi connectivity index (χ1) is 5.63. The van der Waals surface area contributed by atoms with Gasteiger partial charge in [-0.05, 0) is 12.8 Å². The van der Waals surface area contributed by atoms with Gasteiger partial charge in [0.15, 0.2) is 0 Å². The van der Waals surface area contributed by atoms with Crippen LogP contribution < -0.4 is 0 Å². The largest absolute Gasteiger partial charge is 0.764 e. The van der Waals surface area contributed by atoms with Gasteiger partial charge in [0.2, 0.25) is 0 Å². The van der Waals surface area contributed by atoms with Gasteiger partial charge in [0.1, 0.15) is 0 Å². The van der Waals surface area contributed by atoms with E-state index in [0.29, 0.717) is 12.8 Å². The first kappa shape index (κ1) is 11.2. The molecule has 0 saturated heterocycles. The second-order valence-corrected chi connectivity index (χ2v) is 3.58. The molecule has 0 radical (unpaired) electrons. The van der Waals surface area contributed by atoms with Crippen LogP contribution in [0.3, 0.4) is 0 Å². The molecule has 0 aromatic heterocycles. The molecule has 0 aromatic carbocycles. The van der Waals surface area contributed by atoms with Crippen molar-refractivity contribution in [3.63, 3.8) is 0 Å². The Kier molecular flexibility index (Phi) is 6.47.